The smallest absolute Gasteiger partial charge is 0.337 e. The van der Waals surface area contributed by atoms with Crippen LogP contribution < -0.4 is 9.46 Å². The number of benzene rings is 3. The van der Waals surface area contributed by atoms with Crippen LogP contribution in [0.25, 0.3) is 11.1 Å². The van der Waals surface area contributed by atoms with Crippen LogP contribution in [0.4, 0.5) is 5.69 Å². The van der Waals surface area contributed by atoms with Gasteiger partial charge in [-0.2, -0.15) is 5.26 Å². The number of carboxylic acids is 1. The molecule has 1 unspecified atom stereocenters. The van der Waals surface area contributed by atoms with Gasteiger partial charge in [-0.15, -0.1) is 0 Å². The highest BCUT2D eigenvalue weighted by Crippen LogP contribution is 2.42. The van der Waals surface area contributed by atoms with Crippen LogP contribution in [0, 0.1) is 25.2 Å². The lowest BCUT2D eigenvalue weighted by Crippen LogP contribution is -2.29. The topological polar surface area (TPSA) is 126 Å². The Labute approximate surface area is 235 Å². The molecule has 2 N–H and O–H groups in total. The Kier molecular flexibility index (Phi) is 8.24. The highest BCUT2D eigenvalue weighted by molar-refractivity contribution is 7.91. The quantitative estimate of drug-likeness (QED) is 0.342. The van der Waals surface area contributed by atoms with E-state index in [9.17, 15) is 18.3 Å². The fourth-order valence-corrected chi connectivity index (χ4v) is 6.21. The number of nitrogens with one attached hydrogen (secondary N) is 1. The molecule has 0 fully saturated rings. The van der Waals surface area contributed by atoms with Crippen LogP contribution in [0.5, 0.6) is 5.75 Å². The zero-order valence-electron chi connectivity index (χ0n) is 23.4. The van der Waals surface area contributed by atoms with Gasteiger partial charge in [0.05, 0.1) is 35.3 Å². The van der Waals surface area contributed by atoms with Gasteiger partial charge in [0.15, 0.2) is 6.10 Å². The summed E-state index contributed by atoms with van der Waals surface area (Å²) in [4.78, 5) is 12.6. The Bertz CT molecular complexity index is 1580. The number of hydrogen-bond acceptors (Lipinski definition) is 6. The third-order valence-corrected chi connectivity index (χ3v) is 7.94. The summed E-state index contributed by atoms with van der Waals surface area (Å²) < 4.78 is 40.9. The zero-order valence-corrected chi connectivity index (χ0v) is 24.2. The lowest BCUT2D eigenvalue weighted by Gasteiger charge is -2.30. The molecule has 0 aliphatic carbocycles. The molecule has 3 aromatic rings. The number of fused-ring (bicyclic) bond motifs is 1. The fourth-order valence-electron chi connectivity index (χ4n) is 4.96. The summed E-state index contributed by atoms with van der Waals surface area (Å²) >= 11 is 0. The minimum atomic E-state index is -3.87. The number of nitriles is 1. The second kappa shape index (κ2) is 11.3. The largest absolute Gasteiger partial charge is 0.493 e. The first-order valence-corrected chi connectivity index (χ1v) is 14.7. The van der Waals surface area contributed by atoms with Crippen molar-refractivity contribution in [3.05, 3.63) is 81.9 Å². The molecular formula is C31H34N2O6S. The molecular weight excluding hydrogens is 528 g/mol. The SMILES string of the molecule is Cc1cc(NS(=O)(=O)Cc2ccc(C#N)cc2)c(C)c(C(OC(C)(C)C)C(=O)O)c1-c1ccc2c(c1)CCCO2. The monoisotopic (exact) mass is 562 g/mol. The van der Waals surface area contributed by atoms with Crippen molar-refractivity contribution in [1.29, 1.82) is 5.26 Å². The molecule has 0 radical (unpaired) electrons. The molecule has 1 atom stereocenters. The average molecular weight is 563 g/mol. The van der Waals surface area contributed by atoms with Gasteiger partial charge >= 0.3 is 5.97 Å². The number of nitrogens with zero attached hydrogens (tertiary/aromatic N) is 1. The fraction of sp³-hybridized carbons (Fsp3) is 0.355. The number of sulfonamides is 1. The average Bonchev–Trinajstić information content (AvgIpc) is 2.88. The van der Waals surface area contributed by atoms with Gasteiger partial charge < -0.3 is 14.6 Å². The predicted molar refractivity (Wildman–Crippen MR) is 154 cm³/mol. The number of carbonyl (C=O) groups is 1. The second-order valence-electron chi connectivity index (χ2n) is 11.0. The summed E-state index contributed by atoms with van der Waals surface area (Å²) in [6.07, 6.45) is 0.403. The summed E-state index contributed by atoms with van der Waals surface area (Å²) in [5.74, 6) is -0.656. The van der Waals surface area contributed by atoms with Crippen molar-refractivity contribution in [1.82, 2.24) is 0 Å². The Morgan fingerprint density at radius 2 is 1.85 bits per heavy atom. The Balaban J connectivity index is 1.84. The van der Waals surface area contributed by atoms with E-state index in [1.807, 2.05) is 31.2 Å². The van der Waals surface area contributed by atoms with Gasteiger partial charge in [0, 0.05) is 5.56 Å². The molecule has 0 saturated carbocycles. The van der Waals surface area contributed by atoms with E-state index in [0.29, 0.717) is 40.0 Å². The normalized spacial score (nSPS) is 14.0. The molecule has 0 bridgehead atoms. The van der Waals surface area contributed by atoms with Crippen LogP contribution in [-0.2, 0) is 31.7 Å². The highest BCUT2D eigenvalue weighted by Gasteiger charge is 2.33. The number of aryl methyl sites for hydroxylation is 2. The van der Waals surface area contributed by atoms with E-state index >= 15 is 0 Å². The van der Waals surface area contributed by atoms with E-state index in [4.69, 9.17) is 14.7 Å². The first-order chi connectivity index (χ1) is 18.8. The van der Waals surface area contributed by atoms with E-state index in [0.717, 1.165) is 29.7 Å². The minimum absolute atomic E-state index is 0.287. The van der Waals surface area contributed by atoms with Crippen LogP contribution >= 0.6 is 0 Å². The van der Waals surface area contributed by atoms with Gasteiger partial charge in [-0.3, -0.25) is 4.72 Å². The first kappa shape index (κ1) is 29.1. The molecule has 1 aliphatic rings. The lowest BCUT2D eigenvalue weighted by atomic mass is 9.86. The number of carboxylic acid groups (broad SMARTS) is 1. The van der Waals surface area contributed by atoms with Crippen LogP contribution in [0.15, 0.2) is 48.5 Å². The summed E-state index contributed by atoms with van der Waals surface area (Å²) in [5, 5.41) is 19.3. The van der Waals surface area contributed by atoms with E-state index in [-0.39, 0.29) is 11.4 Å². The van der Waals surface area contributed by atoms with Crippen molar-refractivity contribution in [3.63, 3.8) is 0 Å². The molecule has 8 nitrogen and oxygen atoms in total. The molecule has 0 amide bonds. The van der Waals surface area contributed by atoms with Crippen molar-refractivity contribution in [2.75, 3.05) is 11.3 Å². The van der Waals surface area contributed by atoms with Gasteiger partial charge in [-0.1, -0.05) is 18.2 Å². The predicted octanol–water partition coefficient (Wildman–Crippen LogP) is 6.05. The highest BCUT2D eigenvalue weighted by atomic mass is 32.2. The van der Waals surface area contributed by atoms with Crippen molar-refractivity contribution >= 4 is 21.7 Å². The van der Waals surface area contributed by atoms with Crippen LogP contribution in [-0.4, -0.2) is 31.7 Å². The summed E-state index contributed by atoms with van der Waals surface area (Å²) in [7, 11) is -3.87. The lowest BCUT2D eigenvalue weighted by molar-refractivity contribution is -0.160. The molecule has 0 saturated heterocycles. The third kappa shape index (κ3) is 6.64. The van der Waals surface area contributed by atoms with Gasteiger partial charge in [-0.05, 0) is 111 Å². The van der Waals surface area contributed by atoms with Crippen molar-refractivity contribution < 1.29 is 27.8 Å². The summed E-state index contributed by atoms with van der Waals surface area (Å²) in [6.45, 7) is 9.55. The Morgan fingerprint density at radius 1 is 1.15 bits per heavy atom. The standard InChI is InChI=1S/C31H34N2O6S/c1-19-15-25(33-40(36,37)18-22-10-8-21(17-32)9-11-22)20(2)28(29(30(34)35)39-31(3,4)5)27(19)24-12-13-26-23(16-24)7-6-14-38-26/h8-13,15-16,29,33H,6-7,14,18H2,1-5H3,(H,34,35). The van der Waals surface area contributed by atoms with Crippen LogP contribution in [0.1, 0.15) is 66.7 Å². The van der Waals surface area contributed by atoms with E-state index in [1.54, 1.807) is 58.0 Å². The van der Waals surface area contributed by atoms with Crippen LogP contribution in [0.2, 0.25) is 0 Å². The van der Waals surface area contributed by atoms with E-state index < -0.39 is 27.7 Å². The Hall–Kier alpha value is -3.87. The van der Waals surface area contributed by atoms with Crippen molar-refractivity contribution in [3.8, 4) is 22.9 Å². The second-order valence-corrected chi connectivity index (χ2v) is 12.8. The van der Waals surface area contributed by atoms with Gasteiger partial charge in [0.1, 0.15) is 5.75 Å². The maximum atomic E-state index is 13.2. The zero-order chi connectivity index (χ0) is 29.2. The minimum Gasteiger partial charge on any atom is -0.493 e. The molecule has 40 heavy (non-hydrogen) atoms. The maximum absolute atomic E-state index is 13.2. The number of hydrogen-bond donors (Lipinski definition) is 2. The van der Waals surface area contributed by atoms with Gasteiger partial charge in [-0.25, -0.2) is 13.2 Å². The van der Waals surface area contributed by atoms with Crippen molar-refractivity contribution in [2.24, 2.45) is 0 Å². The maximum Gasteiger partial charge on any atom is 0.337 e. The molecule has 1 heterocycles. The number of rotatable bonds is 8. The van der Waals surface area contributed by atoms with Gasteiger partial charge in [0.25, 0.3) is 0 Å². The molecule has 1 aliphatic heterocycles. The number of anilines is 1. The third-order valence-electron chi connectivity index (χ3n) is 6.69. The first-order valence-electron chi connectivity index (χ1n) is 13.1. The molecule has 0 aromatic heterocycles. The van der Waals surface area contributed by atoms with Crippen molar-refractivity contribution in [2.45, 2.75) is 64.9 Å². The van der Waals surface area contributed by atoms with Crippen LogP contribution in [0.3, 0.4) is 0 Å². The summed E-state index contributed by atoms with van der Waals surface area (Å²) in [6, 6.07) is 15.9. The number of aliphatic carboxylic acids is 1. The Morgan fingerprint density at radius 3 is 2.48 bits per heavy atom. The molecule has 4 rings (SSSR count). The molecule has 210 valence electrons. The molecule has 3 aromatic carbocycles. The van der Waals surface area contributed by atoms with E-state index in [2.05, 4.69) is 4.72 Å². The molecule has 9 heteroatoms. The number of ether oxygens (including phenoxy) is 2. The summed E-state index contributed by atoms with van der Waals surface area (Å²) in [5.41, 5.74) is 4.59. The molecule has 0 spiro atoms. The van der Waals surface area contributed by atoms with E-state index in [1.165, 1.54) is 0 Å². The van der Waals surface area contributed by atoms with Gasteiger partial charge in [0.2, 0.25) is 10.0 Å².